The molecule has 1 amide bonds. The number of carboxylic acids is 1. The number of halogens is 5. The first kappa shape index (κ1) is 35.7. The lowest BCUT2D eigenvalue weighted by Gasteiger charge is -2.35. The number of nitrogens with zero attached hydrogens (tertiary/aromatic N) is 6. The summed E-state index contributed by atoms with van der Waals surface area (Å²) in [5.74, 6) is -2.71. The van der Waals surface area contributed by atoms with E-state index in [0.717, 1.165) is 67.1 Å². The van der Waals surface area contributed by atoms with Crippen LogP contribution in [0.2, 0.25) is 0 Å². The molecule has 3 aromatic heterocycles. The van der Waals surface area contributed by atoms with Gasteiger partial charge in [-0.2, -0.15) is 28.2 Å². The minimum absolute atomic E-state index is 0.0473. The minimum atomic E-state index is -5.08. The normalized spacial score (nSPS) is 23.7. The summed E-state index contributed by atoms with van der Waals surface area (Å²) < 4.78 is 69.5. The van der Waals surface area contributed by atoms with Crippen LogP contribution in [0.4, 0.5) is 27.8 Å². The van der Waals surface area contributed by atoms with E-state index < -0.39 is 29.7 Å². The number of carboxylic acid groups (broad SMARTS) is 1. The molecule has 3 N–H and O–H groups in total. The topological polar surface area (TPSA) is 149 Å². The Labute approximate surface area is 295 Å². The molecule has 6 bridgehead atoms. The molecule has 9 rings (SSSR count). The van der Waals surface area contributed by atoms with Crippen LogP contribution >= 0.6 is 0 Å². The Hall–Kier alpha value is -4.67. The van der Waals surface area contributed by atoms with E-state index in [1.54, 1.807) is 12.4 Å². The van der Waals surface area contributed by atoms with Crippen molar-refractivity contribution in [1.29, 1.82) is 0 Å². The molecule has 0 spiro atoms. The van der Waals surface area contributed by atoms with Crippen molar-refractivity contribution in [2.24, 2.45) is 0 Å². The molecule has 1 aromatic carbocycles. The van der Waals surface area contributed by atoms with Crippen LogP contribution in [0.25, 0.3) is 33.1 Å². The first-order chi connectivity index (χ1) is 24.8. The smallest absolute Gasteiger partial charge is 0.475 e. The maximum Gasteiger partial charge on any atom is 0.490 e. The van der Waals surface area contributed by atoms with Crippen molar-refractivity contribution in [2.45, 2.75) is 88.6 Å². The minimum Gasteiger partial charge on any atom is -0.475 e. The zero-order valence-electron chi connectivity index (χ0n) is 28.5. The number of carbonyl (C=O) groups is 2. The Morgan fingerprint density at radius 2 is 1.88 bits per heavy atom. The fourth-order valence-electron chi connectivity index (χ4n) is 8.19. The van der Waals surface area contributed by atoms with Crippen LogP contribution in [0.15, 0.2) is 18.5 Å². The highest BCUT2D eigenvalue weighted by Gasteiger charge is 2.49. The number of alkyl halides is 4. The number of amides is 1. The maximum atomic E-state index is 17.0. The molecule has 12 nitrogen and oxygen atoms in total. The highest BCUT2D eigenvalue weighted by Crippen LogP contribution is 2.42. The third kappa shape index (κ3) is 6.94. The van der Waals surface area contributed by atoms with E-state index in [4.69, 9.17) is 24.6 Å². The molecule has 278 valence electrons. The van der Waals surface area contributed by atoms with Gasteiger partial charge in [0.05, 0.1) is 22.6 Å². The number of aryl methyl sites for hydroxylation is 1. The van der Waals surface area contributed by atoms with Crippen molar-refractivity contribution in [3.8, 4) is 17.3 Å². The molecule has 8 heterocycles. The van der Waals surface area contributed by atoms with Gasteiger partial charge in [0.25, 0.3) is 0 Å². The van der Waals surface area contributed by atoms with Crippen molar-refractivity contribution in [3.05, 3.63) is 35.4 Å². The van der Waals surface area contributed by atoms with E-state index in [2.05, 4.69) is 30.3 Å². The van der Waals surface area contributed by atoms with E-state index in [1.165, 1.54) is 0 Å². The molecule has 0 radical (unpaired) electrons. The largest absolute Gasteiger partial charge is 0.490 e. The third-order valence-electron chi connectivity index (χ3n) is 10.6. The summed E-state index contributed by atoms with van der Waals surface area (Å²) in [6.45, 7) is 4.76. The van der Waals surface area contributed by atoms with E-state index in [1.807, 2.05) is 13.0 Å². The third-order valence-corrected chi connectivity index (χ3v) is 10.6. The molecule has 0 unspecified atom stereocenters. The summed E-state index contributed by atoms with van der Waals surface area (Å²) in [6, 6.07) is 2.05. The molecular formula is C35H39F5N8O4. The van der Waals surface area contributed by atoms with Gasteiger partial charge < -0.3 is 20.1 Å². The van der Waals surface area contributed by atoms with Gasteiger partial charge in [0, 0.05) is 55.7 Å². The van der Waals surface area contributed by atoms with Gasteiger partial charge in [-0.1, -0.05) is 0 Å². The number of aromatic amines is 1. The molecule has 3 fully saturated rings. The van der Waals surface area contributed by atoms with E-state index in [0.29, 0.717) is 55.7 Å². The van der Waals surface area contributed by atoms with Crippen LogP contribution in [-0.4, -0.2) is 104 Å². The van der Waals surface area contributed by atoms with Gasteiger partial charge in [0.1, 0.15) is 29.8 Å². The zero-order valence-corrected chi connectivity index (χ0v) is 28.5. The molecule has 52 heavy (non-hydrogen) atoms. The summed E-state index contributed by atoms with van der Waals surface area (Å²) in [6.07, 6.45) is 3.99. The highest BCUT2D eigenvalue weighted by molar-refractivity contribution is 5.99. The highest BCUT2D eigenvalue weighted by atomic mass is 19.4. The van der Waals surface area contributed by atoms with Gasteiger partial charge in [-0.3, -0.25) is 19.8 Å². The summed E-state index contributed by atoms with van der Waals surface area (Å²) in [5.41, 5.74) is 3.43. The Balaban J connectivity index is 0.000000548. The molecule has 5 aliphatic rings. The summed E-state index contributed by atoms with van der Waals surface area (Å²) in [5, 5.41) is 18.9. The van der Waals surface area contributed by atoms with Gasteiger partial charge in [-0.15, -0.1) is 0 Å². The molecular weight excluding hydrogens is 691 g/mol. The second-order valence-electron chi connectivity index (χ2n) is 14.1. The number of piperidine rings is 1. The number of carbonyl (C=O) groups excluding carboxylic acids is 1. The number of nitrogens with one attached hydrogen (secondary N) is 2. The first-order valence-corrected chi connectivity index (χ1v) is 17.5. The fraction of sp³-hybridized carbons (Fsp3) is 0.543. The molecule has 3 saturated heterocycles. The van der Waals surface area contributed by atoms with Crippen molar-refractivity contribution in [3.63, 3.8) is 0 Å². The number of pyridine rings is 1. The van der Waals surface area contributed by atoms with Crippen molar-refractivity contribution < 1.29 is 41.4 Å². The Bertz CT molecular complexity index is 2010. The number of hydrogen-bond donors (Lipinski definition) is 3. The van der Waals surface area contributed by atoms with E-state index >= 15 is 4.39 Å². The number of aliphatic carboxylic acids is 1. The predicted molar refractivity (Wildman–Crippen MR) is 180 cm³/mol. The number of benzene rings is 1. The van der Waals surface area contributed by atoms with Crippen molar-refractivity contribution in [1.82, 2.24) is 35.4 Å². The quantitative estimate of drug-likeness (QED) is 0.234. The number of H-pyrrole nitrogens is 1. The van der Waals surface area contributed by atoms with Gasteiger partial charge >= 0.3 is 18.2 Å². The van der Waals surface area contributed by atoms with Crippen LogP contribution in [0, 0.1) is 12.7 Å². The van der Waals surface area contributed by atoms with Crippen LogP contribution in [0.1, 0.15) is 62.5 Å². The lowest BCUT2D eigenvalue weighted by Crippen LogP contribution is -2.48. The van der Waals surface area contributed by atoms with Gasteiger partial charge in [-0.25, -0.2) is 13.6 Å². The van der Waals surface area contributed by atoms with Crippen molar-refractivity contribution >= 4 is 39.5 Å². The number of aromatic nitrogens is 5. The second-order valence-corrected chi connectivity index (χ2v) is 14.1. The van der Waals surface area contributed by atoms with E-state index in [9.17, 15) is 22.4 Å². The van der Waals surface area contributed by atoms with Crippen molar-refractivity contribution in [2.75, 3.05) is 37.7 Å². The molecule has 3 atom stereocenters. The Morgan fingerprint density at radius 1 is 1.10 bits per heavy atom. The Kier molecular flexibility index (Phi) is 9.65. The van der Waals surface area contributed by atoms with Crippen LogP contribution in [0.3, 0.4) is 0 Å². The summed E-state index contributed by atoms with van der Waals surface area (Å²) in [7, 11) is 0. The lowest BCUT2D eigenvalue weighted by molar-refractivity contribution is -0.192. The molecule has 17 heteroatoms. The molecule has 5 aliphatic heterocycles. The Morgan fingerprint density at radius 3 is 2.67 bits per heavy atom. The molecule has 0 saturated carbocycles. The number of rotatable bonds is 3. The van der Waals surface area contributed by atoms with Crippen LogP contribution in [-0.2, 0) is 16.0 Å². The second kappa shape index (κ2) is 14.0. The monoisotopic (exact) mass is 730 g/mol. The molecule has 0 aliphatic carbocycles. The average molecular weight is 731 g/mol. The lowest BCUT2D eigenvalue weighted by atomic mass is 9.91. The SMILES string of the molecule is Cc1cc2[nH]ncc2c2c1CCCCC(=O)N[C@@H]1CCCN(C1)c1nc(OC[C@@]34CCCN3C[C@H](F)C4)nc3c(F)c-2ncc13.O=C(O)C(F)(F)F. The standard InChI is InChI=1S/C33H38F2N8O2.C2HF3O2/c1-19-12-25-23(15-37-41-25)27-22(19)7-2-3-8-26(44)38-21-6-4-10-42(17-21)31-24-14-36-30(27)28(35)29(24)39-32(40-31)45-18-33-9-5-11-43(33)16-20(34)13-33;3-2(4,5)1(6)7/h12,14-15,20-21H,2-11,13,16-18H2,1H3,(H,37,41)(H,38,44);(H,6,7)/t20-,21-,33+;/m1./s1. The summed E-state index contributed by atoms with van der Waals surface area (Å²) in [4.78, 5) is 40.4. The van der Waals surface area contributed by atoms with Crippen LogP contribution in [0.5, 0.6) is 6.01 Å². The van der Waals surface area contributed by atoms with Gasteiger partial charge in [0.15, 0.2) is 5.82 Å². The maximum absolute atomic E-state index is 17.0. The number of ether oxygens (including phenoxy) is 1. The van der Waals surface area contributed by atoms with Crippen LogP contribution < -0.4 is 15.0 Å². The van der Waals surface area contributed by atoms with Gasteiger partial charge in [-0.05, 0) is 75.6 Å². The molecule has 4 aromatic rings. The summed E-state index contributed by atoms with van der Waals surface area (Å²) >= 11 is 0. The van der Waals surface area contributed by atoms with Gasteiger partial charge in [0.2, 0.25) is 5.91 Å². The number of hydrogen-bond acceptors (Lipinski definition) is 9. The average Bonchev–Trinajstić information content (AvgIpc) is 3.80. The number of fused-ring (bicyclic) bond motifs is 8. The number of anilines is 1. The first-order valence-electron chi connectivity index (χ1n) is 17.5. The van der Waals surface area contributed by atoms with E-state index in [-0.39, 0.29) is 35.8 Å². The zero-order chi connectivity index (χ0) is 36.8. The predicted octanol–water partition coefficient (Wildman–Crippen LogP) is 5.42. The fourth-order valence-corrected chi connectivity index (χ4v) is 8.19.